The molecule has 0 amide bonds. The van der Waals surface area contributed by atoms with Gasteiger partial charge in [-0.1, -0.05) is 29.8 Å². The Morgan fingerprint density at radius 1 is 1.28 bits per heavy atom. The number of halogens is 2. The van der Waals surface area contributed by atoms with Crippen molar-refractivity contribution in [2.45, 2.75) is 30.0 Å². The molecule has 0 radical (unpaired) electrons. The minimum absolute atomic E-state index is 0.0770. The first kappa shape index (κ1) is 15.6. The van der Waals surface area contributed by atoms with E-state index in [1.165, 1.54) is 12.1 Å². The summed E-state index contributed by atoms with van der Waals surface area (Å²) in [6.07, 6.45) is 0.881. The molecule has 0 aromatic heterocycles. The molecular weight excluding hydrogens is 321 g/mol. The van der Waals surface area contributed by atoms with Crippen LogP contribution < -0.4 is 4.72 Å². The lowest BCUT2D eigenvalue weighted by Crippen LogP contribution is -2.30. The molecule has 18 heavy (non-hydrogen) atoms. The van der Waals surface area contributed by atoms with E-state index in [4.69, 9.17) is 0 Å². The highest BCUT2D eigenvalue weighted by atomic mass is 79.9. The smallest absolute Gasteiger partial charge is 0.210 e. The maximum absolute atomic E-state index is 12.7. The van der Waals surface area contributed by atoms with Crippen LogP contribution in [0.4, 0.5) is 4.39 Å². The highest BCUT2D eigenvalue weighted by molar-refractivity contribution is 9.09. The summed E-state index contributed by atoms with van der Waals surface area (Å²) in [6.45, 7) is 4.46. The van der Waals surface area contributed by atoms with Gasteiger partial charge in [0, 0.05) is 11.4 Å². The zero-order chi connectivity index (χ0) is 13.8. The van der Waals surface area contributed by atoms with Crippen LogP contribution in [0.3, 0.4) is 0 Å². The Balaban J connectivity index is 2.63. The Labute approximate surface area is 116 Å². The van der Waals surface area contributed by atoms with Gasteiger partial charge in [-0.15, -0.1) is 0 Å². The molecule has 0 spiro atoms. The third-order valence-corrected chi connectivity index (χ3v) is 4.48. The second-order valence-corrected chi connectivity index (χ2v) is 7.59. The molecule has 102 valence electrons. The SMILES string of the molecule is CC(C)CC(Br)CNS(=O)(=O)c1ccc(F)cc1. The van der Waals surface area contributed by atoms with Gasteiger partial charge in [-0.2, -0.15) is 0 Å². The van der Waals surface area contributed by atoms with Crippen molar-refractivity contribution in [3.63, 3.8) is 0 Å². The summed E-state index contributed by atoms with van der Waals surface area (Å²) in [5.41, 5.74) is 0. The molecule has 0 heterocycles. The molecule has 0 fully saturated rings. The van der Waals surface area contributed by atoms with Crippen molar-refractivity contribution in [3.05, 3.63) is 30.1 Å². The van der Waals surface area contributed by atoms with Gasteiger partial charge in [-0.05, 0) is 36.6 Å². The Morgan fingerprint density at radius 2 is 1.83 bits per heavy atom. The summed E-state index contributed by atoms with van der Waals surface area (Å²) >= 11 is 3.43. The zero-order valence-electron chi connectivity index (χ0n) is 10.4. The summed E-state index contributed by atoms with van der Waals surface area (Å²) in [5.74, 6) is 0.0387. The summed E-state index contributed by atoms with van der Waals surface area (Å²) < 4.78 is 39.0. The predicted molar refractivity (Wildman–Crippen MR) is 73.8 cm³/mol. The van der Waals surface area contributed by atoms with Gasteiger partial charge in [0.25, 0.3) is 0 Å². The Bertz CT molecular complexity index is 473. The molecule has 0 aliphatic heterocycles. The summed E-state index contributed by atoms with van der Waals surface area (Å²) in [4.78, 5) is 0.167. The van der Waals surface area contributed by atoms with Gasteiger partial charge >= 0.3 is 0 Å². The van der Waals surface area contributed by atoms with Crippen LogP contribution in [-0.4, -0.2) is 19.8 Å². The first-order chi connectivity index (χ1) is 8.31. The summed E-state index contributed by atoms with van der Waals surface area (Å²) in [6, 6.07) is 4.77. The summed E-state index contributed by atoms with van der Waals surface area (Å²) in [7, 11) is -3.55. The Hall–Kier alpha value is -0.460. The van der Waals surface area contributed by atoms with Crippen LogP contribution in [0.5, 0.6) is 0 Å². The van der Waals surface area contributed by atoms with Crippen LogP contribution in [0, 0.1) is 11.7 Å². The van der Waals surface area contributed by atoms with Crippen molar-refractivity contribution in [2.75, 3.05) is 6.54 Å². The lowest BCUT2D eigenvalue weighted by Gasteiger charge is -2.13. The third kappa shape index (κ3) is 5.04. The molecule has 1 N–H and O–H groups in total. The van der Waals surface area contributed by atoms with E-state index in [0.717, 1.165) is 18.6 Å². The summed E-state index contributed by atoms with van der Waals surface area (Å²) in [5, 5.41) is 0. The first-order valence-corrected chi connectivity index (χ1v) is 8.10. The molecule has 0 bridgehead atoms. The largest absolute Gasteiger partial charge is 0.240 e. The minimum atomic E-state index is -3.55. The van der Waals surface area contributed by atoms with Crippen LogP contribution >= 0.6 is 15.9 Å². The van der Waals surface area contributed by atoms with Crippen molar-refractivity contribution in [1.29, 1.82) is 0 Å². The average molecular weight is 338 g/mol. The van der Waals surface area contributed by atoms with E-state index in [2.05, 4.69) is 34.5 Å². The van der Waals surface area contributed by atoms with E-state index in [0.29, 0.717) is 12.5 Å². The Morgan fingerprint density at radius 3 is 2.33 bits per heavy atom. The second-order valence-electron chi connectivity index (χ2n) is 4.53. The lowest BCUT2D eigenvalue weighted by atomic mass is 10.1. The molecular formula is C12H17BrFNO2S. The highest BCUT2D eigenvalue weighted by Crippen LogP contribution is 2.14. The fourth-order valence-corrected chi connectivity index (χ4v) is 3.70. The van der Waals surface area contributed by atoms with Crippen molar-refractivity contribution in [1.82, 2.24) is 4.72 Å². The van der Waals surface area contributed by atoms with Gasteiger partial charge in [0.2, 0.25) is 10.0 Å². The fourth-order valence-electron chi connectivity index (χ4n) is 1.49. The number of hydrogen-bond acceptors (Lipinski definition) is 2. The topological polar surface area (TPSA) is 46.2 Å². The molecule has 1 rings (SSSR count). The quantitative estimate of drug-likeness (QED) is 0.811. The second kappa shape index (κ2) is 6.63. The molecule has 1 aromatic carbocycles. The van der Waals surface area contributed by atoms with Crippen LogP contribution in [0.15, 0.2) is 29.2 Å². The highest BCUT2D eigenvalue weighted by Gasteiger charge is 2.16. The number of alkyl halides is 1. The molecule has 1 atom stereocenters. The van der Waals surface area contributed by atoms with Gasteiger partial charge in [-0.25, -0.2) is 17.5 Å². The van der Waals surface area contributed by atoms with Gasteiger partial charge in [0.15, 0.2) is 0 Å². The average Bonchev–Trinajstić information content (AvgIpc) is 2.26. The third-order valence-electron chi connectivity index (χ3n) is 2.35. The van der Waals surface area contributed by atoms with Crippen molar-refractivity contribution < 1.29 is 12.8 Å². The van der Waals surface area contributed by atoms with Crippen LogP contribution in [0.1, 0.15) is 20.3 Å². The molecule has 0 aliphatic carbocycles. The Kier molecular flexibility index (Phi) is 5.75. The lowest BCUT2D eigenvalue weighted by molar-refractivity contribution is 0.551. The van der Waals surface area contributed by atoms with E-state index in [-0.39, 0.29) is 9.72 Å². The van der Waals surface area contributed by atoms with Crippen LogP contribution in [0.2, 0.25) is 0 Å². The predicted octanol–water partition coefficient (Wildman–Crippen LogP) is 2.91. The van der Waals surface area contributed by atoms with E-state index in [1.807, 2.05) is 0 Å². The first-order valence-electron chi connectivity index (χ1n) is 5.70. The number of rotatable bonds is 6. The van der Waals surface area contributed by atoms with Crippen molar-refractivity contribution in [2.24, 2.45) is 5.92 Å². The standard InChI is InChI=1S/C12H17BrFNO2S/c1-9(2)7-10(13)8-15-18(16,17)12-5-3-11(14)4-6-12/h3-6,9-10,15H,7-8H2,1-2H3. The van der Waals surface area contributed by atoms with Gasteiger partial charge < -0.3 is 0 Å². The van der Waals surface area contributed by atoms with E-state index < -0.39 is 15.8 Å². The van der Waals surface area contributed by atoms with E-state index in [1.54, 1.807) is 0 Å². The molecule has 1 aromatic rings. The number of nitrogens with one attached hydrogen (secondary N) is 1. The molecule has 0 saturated carbocycles. The van der Waals surface area contributed by atoms with Crippen molar-refractivity contribution >= 4 is 26.0 Å². The normalized spacial score (nSPS) is 13.8. The maximum Gasteiger partial charge on any atom is 0.240 e. The number of sulfonamides is 1. The van der Waals surface area contributed by atoms with Gasteiger partial charge in [-0.3, -0.25) is 0 Å². The van der Waals surface area contributed by atoms with Crippen LogP contribution in [0.25, 0.3) is 0 Å². The monoisotopic (exact) mass is 337 g/mol. The number of hydrogen-bond donors (Lipinski definition) is 1. The fraction of sp³-hybridized carbons (Fsp3) is 0.500. The van der Waals surface area contributed by atoms with Gasteiger partial charge in [0.05, 0.1) is 4.90 Å². The van der Waals surface area contributed by atoms with E-state index >= 15 is 0 Å². The molecule has 3 nitrogen and oxygen atoms in total. The van der Waals surface area contributed by atoms with Crippen LogP contribution in [-0.2, 0) is 10.0 Å². The van der Waals surface area contributed by atoms with Gasteiger partial charge in [0.1, 0.15) is 5.82 Å². The number of benzene rings is 1. The maximum atomic E-state index is 12.7. The molecule has 1 unspecified atom stereocenters. The van der Waals surface area contributed by atoms with Crippen molar-refractivity contribution in [3.8, 4) is 0 Å². The zero-order valence-corrected chi connectivity index (χ0v) is 12.8. The minimum Gasteiger partial charge on any atom is -0.210 e. The van der Waals surface area contributed by atoms with E-state index in [9.17, 15) is 12.8 Å². The molecule has 6 heteroatoms. The molecule has 0 aliphatic rings. The molecule has 0 saturated heterocycles.